The van der Waals surface area contributed by atoms with Gasteiger partial charge in [-0.15, -0.1) is 0 Å². The molecule has 12 heavy (non-hydrogen) atoms. The van der Waals surface area contributed by atoms with Gasteiger partial charge in [-0.2, -0.15) is 0 Å². The summed E-state index contributed by atoms with van der Waals surface area (Å²) < 4.78 is 5.69. The van der Waals surface area contributed by atoms with Crippen molar-refractivity contribution < 1.29 is 4.74 Å². The van der Waals surface area contributed by atoms with Crippen molar-refractivity contribution >= 4 is 0 Å². The highest BCUT2D eigenvalue weighted by molar-refractivity contribution is 4.81. The molecule has 0 aromatic carbocycles. The van der Waals surface area contributed by atoms with Crippen molar-refractivity contribution in [1.29, 1.82) is 0 Å². The van der Waals surface area contributed by atoms with Crippen LogP contribution in [0.5, 0.6) is 0 Å². The van der Waals surface area contributed by atoms with E-state index in [1.165, 1.54) is 25.7 Å². The van der Waals surface area contributed by atoms with Crippen LogP contribution in [0.3, 0.4) is 0 Å². The fourth-order valence-electron chi connectivity index (χ4n) is 2.01. The van der Waals surface area contributed by atoms with Gasteiger partial charge in [0.15, 0.2) is 0 Å². The topological polar surface area (TPSA) is 21.3 Å². The number of ether oxygens (including phenoxy) is 1. The molecule has 0 heterocycles. The first-order valence-corrected chi connectivity index (χ1v) is 5.23. The second-order valence-corrected chi connectivity index (χ2v) is 3.44. The summed E-state index contributed by atoms with van der Waals surface area (Å²) in [7, 11) is 0. The summed E-state index contributed by atoms with van der Waals surface area (Å²) in [6.07, 6.45) is 5.71. The van der Waals surface area contributed by atoms with Gasteiger partial charge in [0.05, 0.1) is 6.10 Å². The molecule has 0 saturated heterocycles. The zero-order valence-electron chi connectivity index (χ0n) is 8.31. The summed E-state index contributed by atoms with van der Waals surface area (Å²) in [6.45, 7) is 6.16. The van der Waals surface area contributed by atoms with Crippen LogP contribution in [0.25, 0.3) is 0 Å². The van der Waals surface area contributed by atoms with Crippen molar-refractivity contribution in [2.45, 2.75) is 51.7 Å². The smallest absolute Gasteiger partial charge is 0.0727 e. The van der Waals surface area contributed by atoms with Crippen LogP contribution in [-0.4, -0.2) is 25.3 Å². The molecular weight excluding hydrogens is 150 g/mol. The number of hydrogen-bond acceptors (Lipinski definition) is 2. The molecule has 1 saturated carbocycles. The molecule has 1 fully saturated rings. The molecule has 0 bridgehead atoms. The maximum absolute atomic E-state index is 5.69. The monoisotopic (exact) mass is 171 g/mol. The van der Waals surface area contributed by atoms with Gasteiger partial charge in [-0.25, -0.2) is 0 Å². The highest BCUT2D eigenvalue weighted by atomic mass is 16.5. The molecule has 0 aromatic heterocycles. The van der Waals surface area contributed by atoms with E-state index in [0.29, 0.717) is 12.1 Å². The number of nitrogens with one attached hydrogen (secondary N) is 1. The van der Waals surface area contributed by atoms with E-state index >= 15 is 0 Å². The Labute approximate surface area is 75.7 Å². The number of hydrogen-bond donors (Lipinski definition) is 1. The van der Waals surface area contributed by atoms with E-state index in [-0.39, 0.29) is 0 Å². The predicted octanol–water partition coefficient (Wildman–Crippen LogP) is 1.94. The Kier molecular flexibility index (Phi) is 4.62. The van der Waals surface area contributed by atoms with E-state index in [1.54, 1.807) is 0 Å². The standard InChI is InChI=1S/C10H21NO/c1-3-11-9-7-5-6-8-10(9)12-4-2/h9-11H,3-8H2,1-2H3/t9-,10+/m0/s1. The van der Waals surface area contributed by atoms with Crippen molar-refractivity contribution in [2.24, 2.45) is 0 Å². The molecule has 1 N–H and O–H groups in total. The molecule has 2 nitrogen and oxygen atoms in total. The second kappa shape index (κ2) is 5.55. The van der Waals surface area contributed by atoms with Crippen LogP contribution in [0.15, 0.2) is 0 Å². The Bertz CT molecular complexity index is 98.4. The van der Waals surface area contributed by atoms with Gasteiger partial charge in [-0.3, -0.25) is 0 Å². The van der Waals surface area contributed by atoms with Crippen LogP contribution in [0.1, 0.15) is 39.5 Å². The van der Waals surface area contributed by atoms with Crippen molar-refractivity contribution in [3.8, 4) is 0 Å². The second-order valence-electron chi connectivity index (χ2n) is 3.44. The Balaban J connectivity index is 2.31. The van der Waals surface area contributed by atoms with Crippen LogP contribution < -0.4 is 5.32 Å². The minimum atomic E-state index is 0.476. The van der Waals surface area contributed by atoms with Gasteiger partial charge in [-0.05, 0) is 26.3 Å². The largest absolute Gasteiger partial charge is 0.377 e. The fraction of sp³-hybridized carbons (Fsp3) is 1.00. The van der Waals surface area contributed by atoms with Gasteiger partial charge in [-0.1, -0.05) is 19.8 Å². The maximum atomic E-state index is 5.69. The van der Waals surface area contributed by atoms with E-state index < -0.39 is 0 Å². The zero-order valence-corrected chi connectivity index (χ0v) is 8.31. The number of likely N-dealkylation sites (N-methyl/N-ethyl adjacent to an activating group) is 1. The van der Waals surface area contributed by atoms with Gasteiger partial charge in [0.1, 0.15) is 0 Å². The van der Waals surface area contributed by atoms with Gasteiger partial charge in [0, 0.05) is 12.6 Å². The van der Waals surface area contributed by atoms with E-state index in [2.05, 4.69) is 19.2 Å². The van der Waals surface area contributed by atoms with Crippen molar-refractivity contribution in [3.63, 3.8) is 0 Å². The van der Waals surface area contributed by atoms with Crippen LogP contribution >= 0.6 is 0 Å². The van der Waals surface area contributed by atoms with Gasteiger partial charge in [0.25, 0.3) is 0 Å². The van der Waals surface area contributed by atoms with Crippen LogP contribution in [0, 0.1) is 0 Å². The molecule has 0 radical (unpaired) electrons. The summed E-state index contributed by atoms with van der Waals surface area (Å²) in [5.41, 5.74) is 0. The molecule has 1 aliphatic rings. The molecule has 2 atom stereocenters. The van der Waals surface area contributed by atoms with Crippen LogP contribution in [0.4, 0.5) is 0 Å². The lowest BCUT2D eigenvalue weighted by Crippen LogP contribution is -2.43. The first kappa shape index (κ1) is 10.0. The van der Waals surface area contributed by atoms with Crippen LogP contribution in [-0.2, 0) is 4.74 Å². The molecule has 0 amide bonds. The van der Waals surface area contributed by atoms with E-state index in [0.717, 1.165) is 13.2 Å². The lowest BCUT2D eigenvalue weighted by atomic mass is 9.92. The van der Waals surface area contributed by atoms with Gasteiger partial charge in [0.2, 0.25) is 0 Å². The number of rotatable bonds is 4. The Hall–Kier alpha value is -0.0800. The minimum absolute atomic E-state index is 0.476. The van der Waals surface area contributed by atoms with E-state index in [4.69, 9.17) is 4.74 Å². The third-order valence-electron chi connectivity index (χ3n) is 2.55. The summed E-state index contributed by atoms with van der Waals surface area (Å²) in [5, 5.41) is 3.49. The molecule has 1 rings (SSSR count). The molecule has 72 valence electrons. The van der Waals surface area contributed by atoms with E-state index in [9.17, 15) is 0 Å². The molecule has 0 aliphatic heterocycles. The summed E-state index contributed by atoms with van der Waals surface area (Å²) in [4.78, 5) is 0. The quantitative estimate of drug-likeness (QED) is 0.698. The Morgan fingerprint density at radius 3 is 2.67 bits per heavy atom. The third-order valence-corrected chi connectivity index (χ3v) is 2.55. The van der Waals surface area contributed by atoms with Crippen molar-refractivity contribution in [2.75, 3.05) is 13.2 Å². The van der Waals surface area contributed by atoms with E-state index in [1.807, 2.05) is 0 Å². The van der Waals surface area contributed by atoms with Crippen molar-refractivity contribution in [1.82, 2.24) is 5.32 Å². The predicted molar refractivity (Wildman–Crippen MR) is 51.3 cm³/mol. The first-order chi connectivity index (χ1) is 5.88. The first-order valence-electron chi connectivity index (χ1n) is 5.23. The van der Waals surface area contributed by atoms with Gasteiger partial charge < -0.3 is 10.1 Å². The molecular formula is C10H21NO. The molecule has 1 aliphatic carbocycles. The average Bonchev–Trinajstić information content (AvgIpc) is 2.09. The maximum Gasteiger partial charge on any atom is 0.0727 e. The third kappa shape index (κ3) is 2.76. The average molecular weight is 171 g/mol. The lowest BCUT2D eigenvalue weighted by Gasteiger charge is -2.31. The lowest BCUT2D eigenvalue weighted by molar-refractivity contribution is 0.0128. The molecule has 0 spiro atoms. The normalized spacial score (nSPS) is 30.5. The van der Waals surface area contributed by atoms with Crippen molar-refractivity contribution in [3.05, 3.63) is 0 Å². The molecule has 0 aromatic rings. The fourth-order valence-corrected chi connectivity index (χ4v) is 2.01. The minimum Gasteiger partial charge on any atom is -0.377 e. The van der Waals surface area contributed by atoms with Gasteiger partial charge >= 0.3 is 0 Å². The van der Waals surface area contributed by atoms with Crippen LogP contribution in [0.2, 0.25) is 0 Å². The highest BCUT2D eigenvalue weighted by Gasteiger charge is 2.23. The summed E-state index contributed by atoms with van der Waals surface area (Å²) in [6, 6.07) is 0.615. The SMILES string of the molecule is CCN[C@H]1CCCC[C@H]1OCC. The zero-order chi connectivity index (χ0) is 8.81. The Morgan fingerprint density at radius 1 is 1.25 bits per heavy atom. The summed E-state index contributed by atoms with van der Waals surface area (Å²) >= 11 is 0. The summed E-state index contributed by atoms with van der Waals surface area (Å²) in [5.74, 6) is 0. The highest BCUT2D eigenvalue weighted by Crippen LogP contribution is 2.20. The Morgan fingerprint density at radius 2 is 2.00 bits per heavy atom. The molecule has 2 heteroatoms. The molecule has 0 unspecified atom stereocenters.